The zero-order chi connectivity index (χ0) is 50.0. The van der Waals surface area contributed by atoms with Crippen LogP contribution in [0.1, 0.15) is 284 Å². The molecule has 0 aromatic heterocycles. The highest BCUT2D eigenvalue weighted by atomic mass is 16.2. The van der Waals surface area contributed by atoms with Crippen LogP contribution in [0.3, 0.4) is 0 Å². The number of nitrogens with two attached hydrogens (primary N) is 2. The number of rotatable bonds is 52. The molecule has 0 aromatic carbocycles. The third kappa shape index (κ3) is 42.2. The van der Waals surface area contributed by atoms with Crippen molar-refractivity contribution < 1.29 is 24.0 Å². The van der Waals surface area contributed by atoms with Crippen LogP contribution in [0.15, 0.2) is 0 Å². The summed E-state index contributed by atoms with van der Waals surface area (Å²) in [4.78, 5) is 67.2. The summed E-state index contributed by atoms with van der Waals surface area (Å²) in [5.41, 5.74) is 11.6. The zero-order valence-electron chi connectivity index (χ0n) is 44.7. The molecule has 0 fully saturated rings. The van der Waals surface area contributed by atoms with Gasteiger partial charge in [0.25, 0.3) is 0 Å². The molecule has 0 radical (unpaired) electrons. The molecule has 68 heavy (non-hydrogen) atoms. The van der Waals surface area contributed by atoms with Gasteiger partial charge in [-0.05, 0) is 90.1 Å². The first-order valence-electron chi connectivity index (χ1n) is 29.1. The SMILES string of the molecule is CCCCCCCCCCCCCCCC(=O)NCCCC[C@H](NC(=O)CCCCCCCCCCCCCCC)C(=O)N[C@H](CCCCN)C(=O)N[C@@H](CCCCN)C(=O)NCCCCCC. The fourth-order valence-electron chi connectivity index (χ4n) is 8.89. The number of hydrogen-bond acceptors (Lipinski definition) is 7. The fourth-order valence-corrected chi connectivity index (χ4v) is 8.89. The molecule has 0 bridgehead atoms. The summed E-state index contributed by atoms with van der Waals surface area (Å²) < 4.78 is 0. The summed E-state index contributed by atoms with van der Waals surface area (Å²) in [5.74, 6) is -1.17. The summed E-state index contributed by atoms with van der Waals surface area (Å²) in [6.07, 6.45) is 42.5. The van der Waals surface area contributed by atoms with Crippen molar-refractivity contribution in [2.45, 2.75) is 302 Å². The fraction of sp³-hybridized carbons (Fsp3) is 0.911. The van der Waals surface area contributed by atoms with Crippen LogP contribution in [-0.4, -0.2) is 73.8 Å². The molecule has 3 atom stereocenters. The lowest BCUT2D eigenvalue weighted by atomic mass is 10.0. The Balaban J connectivity index is 5.29. The van der Waals surface area contributed by atoms with Crippen LogP contribution in [0, 0.1) is 0 Å². The number of hydrogen-bond donors (Lipinski definition) is 7. The van der Waals surface area contributed by atoms with Gasteiger partial charge in [0.05, 0.1) is 0 Å². The minimum atomic E-state index is -0.895. The van der Waals surface area contributed by atoms with E-state index in [9.17, 15) is 24.0 Å². The van der Waals surface area contributed by atoms with Gasteiger partial charge in [-0.15, -0.1) is 0 Å². The van der Waals surface area contributed by atoms with E-state index in [4.69, 9.17) is 11.5 Å². The lowest BCUT2D eigenvalue weighted by Crippen LogP contribution is -2.56. The van der Waals surface area contributed by atoms with Gasteiger partial charge in [-0.2, -0.15) is 0 Å². The van der Waals surface area contributed by atoms with E-state index in [-0.39, 0.29) is 17.7 Å². The van der Waals surface area contributed by atoms with Gasteiger partial charge in [0.1, 0.15) is 18.1 Å². The van der Waals surface area contributed by atoms with Crippen molar-refractivity contribution in [3.63, 3.8) is 0 Å². The molecule has 400 valence electrons. The third-order valence-corrected chi connectivity index (χ3v) is 13.4. The predicted molar refractivity (Wildman–Crippen MR) is 286 cm³/mol. The van der Waals surface area contributed by atoms with E-state index in [0.29, 0.717) is 90.4 Å². The highest BCUT2D eigenvalue weighted by Gasteiger charge is 2.29. The van der Waals surface area contributed by atoms with E-state index in [1.165, 1.54) is 135 Å². The number of carbonyl (C=O) groups excluding carboxylic acids is 5. The van der Waals surface area contributed by atoms with Crippen molar-refractivity contribution in [2.24, 2.45) is 11.5 Å². The largest absolute Gasteiger partial charge is 0.356 e. The quantitative estimate of drug-likeness (QED) is 0.0294. The van der Waals surface area contributed by atoms with Crippen LogP contribution in [-0.2, 0) is 24.0 Å². The Labute approximate surface area is 418 Å². The monoisotopic (exact) mass is 962 g/mol. The summed E-state index contributed by atoms with van der Waals surface area (Å²) in [7, 11) is 0. The molecule has 0 rings (SSSR count). The zero-order valence-corrected chi connectivity index (χ0v) is 44.7. The van der Waals surface area contributed by atoms with Gasteiger partial charge in [0.2, 0.25) is 29.5 Å². The lowest BCUT2D eigenvalue weighted by molar-refractivity contribution is -0.134. The average molecular weight is 963 g/mol. The van der Waals surface area contributed by atoms with Crippen LogP contribution in [0.4, 0.5) is 0 Å². The van der Waals surface area contributed by atoms with Gasteiger partial charge in [0.15, 0.2) is 0 Å². The van der Waals surface area contributed by atoms with Crippen LogP contribution < -0.4 is 38.1 Å². The molecule has 0 aliphatic carbocycles. The second kappa shape index (κ2) is 50.7. The van der Waals surface area contributed by atoms with Gasteiger partial charge >= 0.3 is 0 Å². The van der Waals surface area contributed by atoms with Crippen LogP contribution in [0.25, 0.3) is 0 Å². The van der Waals surface area contributed by atoms with Crippen molar-refractivity contribution >= 4 is 29.5 Å². The van der Waals surface area contributed by atoms with Crippen molar-refractivity contribution in [1.29, 1.82) is 0 Å². The van der Waals surface area contributed by atoms with Crippen molar-refractivity contribution in [3.05, 3.63) is 0 Å². The normalized spacial score (nSPS) is 12.6. The van der Waals surface area contributed by atoms with Crippen LogP contribution in [0.5, 0.6) is 0 Å². The molecular formula is C56H111N7O5. The smallest absolute Gasteiger partial charge is 0.243 e. The Hall–Kier alpha value is -2.73. The second-order valence-corrected chi connectivity index (χ2v) is 20.0. The average Bonchev–Trinajstić information content (AvgIpc) is 3.33. The molecule has 5 amide bonds. The first-order chi connectivity index (χ1) is 33.2. The number of carbonyl (C=O) groups is 5. The van der Waals surface area contributed by atoms with Crippen LogP contribution >= 0.6 is 0 Å². The molecule has 0 aliphatic heterocycles. The van der Waals surface area contributed by atoms with E-state index in [1.54, 1.807) is 0 Å². The van der Waals surface area contributed by atoms with Gasteiger partial charge in [0, 0.05) is 25.9 Å². The number of unbranched alkanes of at least 4 members (excludes halogenated alkanes) is 30. The first-order valence-corrected chi connectivity index (χ1v) is 29.1. The van der Waals surface area contributed by atoms with Crippen molar-refractivity contribution in [1.82, 2.24) is 26.6 Å². The van der Waals surface area contributed by atoms with E-state index in [2.05, 4.69) is 47.4 Å². The Morgan fingerprint density at radius 2 is 0.603 bits per heavy atom. The Bertz CT molecular complexity index is 1190. The summed E-state index contributed by atoms with van der Waals surface area (Å²) in [6.45, 7) is 8.67. The minimum absolute atomic E-state index is 0.0614. The van der Waals surface area contributed by atoms with Crippen molar-refractivity contribution in [3.8, 4) is 0 Å². The summed E-state index contributed by atoms with van der Waals surface area (Å²) in [6, 6.07) is -2.47. The maximum Gasteiger partial charge on any atom is 0.243 e. The van der Waals surface area contributed by atoms with E-state index in [1.807, 2.05) is 0 Å². The number of nitrogens with one attached hydrogen (secondary N) is 5. The Morgan fingerprint density at radius 1 is 0.309 bits per heavy atom. The van der Waals surface area contributed by atoms with E-state index in [0.717, 1.165) is 64.2 Å². The molecule has 0 saturated carbocycles. The van der Waals surface area contributed by atoms with E-state index >= 15 is 0 Å². The molecule has 12 heteroatoms. The topological polar surface area (TPSA) is 198 Å². The molecule has 0 aliphatic rings. The van der Waals surface area contributed by atoms with Crippen LogP contribution in [0.2, 0.25) is 0 Å². The minimum Gasteiger partial charge on any atom is -0.356 e. The lowest BCUT2D eigenvalue weighted by Gasteiger charge is -2.25. The summed E-state index contributed by atoms with van der Waals surface area (Å²) >= 11 is 0. The maximum atomic E-state index is 14.1. The van der Waals surface area contributed by atoms with Gasteiger partial charge in [-0.25, -0.2) is 0 Å². The summed E-state index contributed by atoms with van der Waals surface area (Å²) in [5, 5.41) is 15.0. The molecule has 9 N–H and O–H groups in total. The van der Waals surface area contributed by atoms with E-state index < -0.39 is 29.9 Å². The molecule has 12 nitrogen and oxygen atoms in total. The van der Waals surface area contributed by atoms with Gasteiger partial charge < -0.3 is 38.1 Å². The Morgan fingerprint density at radius 3 is 1.00 bits per heavy atom. The molecular weight excluding hydrogens is 851 g/mol. The highest BCUT2D eigenvalue weighted by molar-refractivity contribution is 5.94. The molecule has 0 unspecified atom stereocenters. The third-order valence-electron chi connectivity index (χ3n) is 13.4. The predicted octanol–water partition coefficient (Wildman–Crippen LogP) is 11.6. The molecule has 0 aromatic rings. The van der Waals surface area contributed by atoms with Crippen molar-refractivity contribution in [2.75, 3.05) is 26.2 Å². The molecule has 0 saturated heterocycles. The highest BCUT2D eigenvalue weighted by Crippen LogP contribution is 2.15. The standard InChI is InChI=1S/C56H111N7O5/c1-4-7-10-13-15-17-19-21-23-25-27-29-31-43-52(64)59-47-39-35-42-50(61-53(65)44-32-30-28-26-24-22-20-18-16-14-11-8-5-2)55(67)63-51(41-34-37-46-58)56(68)62-49(40-33-36-45-57)54(66)60-48-38-12-9-6-3/h49-51H,4-48,57-58H2,1-3H3,(H,59,64)(H,60,66)(H,61,65)(H,62,68)(H,63,67)/t49-,50-,51+/m0/s1. The van der Waals surface area contributed by atoms with Gasteiger partial charge in [-0.3, -0.25) is 24.0 Å². The number of amides is 5. The van der Waals surface area contributed by atoms with Gasteiger partial charge in [-0.1, -0.05) is 194 Å². The molecule has 0 spiro atoms. The Kier molecular flexibility index (Phi) is 48.6. The molecule has 0 heterocycles. The second-order valence-electron chi connectivity index (χ2n) is 20.0. The maximum absolute atomic E-state index is 14.1. The first kappa shape index (κ1) is 65.3.